The van der Waals surface area contributed by atoms with Crippen molar-refractivity contribution in [1.82, 2.24) is 29.7 Å². The van der Waals surface area contributed by atoms with Crippen LogP contribution < -0.4 is 11.1 Å². The normalized spacial score (nSPS) is 9.80. The van der Waals surface area contributed by atoms with Gasteiger partial charge in [-0.1, -0.05) is 42.2 Å². The predicted octanol–water partition coefficient (Wildman–Crippen LogP) is 3.81. The Kier molecular flexibility index (Phi) is 20.3. The van der Waals surface area contributed by atoms with E-state index in [0.29, 0.717) is 15.5 Å². The molecule has 0 atom stereocenters. The second kappa shape index (κ2) is 19.7. The molecule has 3 N–H and O–H groups in total. The first kappa shape index (κ1) is 30.9. The fraction of sp³-hybridized carbons (Fsp3) is 0.579. The van der Waals surface area contributed by atoms with Crippen molar-refractivity contribution < 1.29 is 0 Å². The summed E-state index contributed by atoms with van der Waals surface area (Å²) in [5.74, 6) is 0.781. The highest BCUT2D eigenvalue weighted by Crippen LogP contribution is 2.08. The van der Waals surface area contributed by atoms with E-state index in [1.807, 2.05) is 0 Å². The van der Waals surface area contributed by atoms with E-state index in [2.05, 4.69) is 63.2 Å². The van der Waals surface area contributed by atoms with E-state index in [1.54, 1.807) is 6.07 Å². The number of hydrogen-bond donors (Lipinski definition) is 2. The molecule has 0 amide bonds. The minimum atomic E-state index is 0. The minimum Gasteiger partial charge on any atom is -0.370 e. The van der Waals surface area contributed by atoms with Crippen LogP contribution in [0.25, 0.3) is 0 Å². The zero-order valence-corrected chi connectivity index (χ0v) is 19.7. The molecule has 0 aliphatic carbocycles. The average molecular weight is 482 g/mol. The molecular formula is C19H35Cl3N8. The first-order chi connectivity index (χ1) is 13.7. The molecule has 30 heavy (non-hydrogen) atoms. The van der Waals surface area contributed by atoms with Crippen molar-refractivity contribution in [2.24, 2.45) is 5.73 Å². The third-order valence-corrected chi connectivity index (χ3v) is 3.75. The smallest absolute Gasteiger partial charge is 0.134 e. The van der Waals surface area contributed by atoms with Gasteiger partial charge in [-0.25, -0.2) is 19.9 Å². The van der Waals surface area contributed by atoms with Gasteiger partial charge in [0.05, 0.1) is 0 Å². The van der Waals surface area contributed by atoms with Gasteiger partial charge in [-0.05, 0) is 60.7 Å². The molecule has 0 saturated heterocycles. The van der Waals surface area contributed by atoms with E-state index in [4.69, 9.17) is 40.5 Å². The average Bonchev–Trinajstić information content (AvgIpc) is 2.64. The van der Waals surface area contributed by atoms with Gasteiger partial charge in [-0.2, -0.15) is 0 Å². The van der Waals surface area contributed by atoms with Crippen LogP contribution in [0.15, 0.2) is 24.8 Å². The van der Waals surface area contributed by atoms with Crippen molar-refractivity contribution in [2.45, 2.75) is 20.3 Å². The summed E-state index contributed by atoms with van der Waals surface area (Å²) in [6, 6.07) is 3.19. The van der Waals surface area contributed by atoms with Crippen LogP contribution in [0, 0.1) is 0 Å². The summed E-state index contributed by atoms with van der Waals surface area (Å²) < 4.78 is 0. The molecule has 0 aliphatic heterocycles. The molecule has 0 aliphatic rings. The van der Waals surface area contributed by atoms with Gasteiger partial charge >= 0.3 is 0 Å². The van der Waals surface area contributed by atoms with E-state index >= 15 is 0 Å². The second-order valence-electron chi connectivity index (χ2n) is 6.42. The van der Waals surface area contributed by atoms with Gasteiger partial charge in [0.15, 0.2) is 0 Å². The zero-order chi connectivity index (χ0) is 22.1. The van der Waals surface area contributed by atoms with Crippen LogP contribution in [0.4, 0.5) is 5.82 Å². The molecule has 2 aromatic rings. The van der Waals surface area contributed by atoms with E-state index < -0.39 is 0 Å². The van der Waals surface area contributed by atoms with Gasteiger partial charge in [0, 0.05) is 18.7 Å². The fourth-order valence-corrected chi connectivity index (χ4v) is 2.26. The molecule has 0 aromatic carbocycles. The molecule has 172 valence electrons. The molecule has 0 bridgehead atoms. The Balaban J connectivity index is 0. The molecule has 0 saturated carbocycles. The number of nitrogens with one attached hydrogen (secondary N) is 1. The van der Waals surface area contributed by atoms with Gasteiger partial charge in [-0.15, -0.1) is 0 Å². The van der Waals surface area contributed by atoms with Crippen LogP contribution in [0.5, 0.6) is 0 Å². The van der Waals surface area contributed by atoms with Gasteiger partial charge in [-0.3, -0.25) is 0 Å². The number of hydrogen-bond acceptors (Lipinski definition) is 8. The summed E-state index contributed by atoms with van der Waals surface area (Å²) in [7, 11) is 8.22. The zero-order valence-electron chi connectivity index (χ0n) is 17.4. The third kappa shape index (κ3) is 20.0. The highest BCUT2D eigenvalue weighted by atomic mass is 35.5. The quantitative estimate of drug-likeness (QED) is 0.434. The molecule has 2 heterocycles. The minimum absolute atomic E-state index is 0. The fourth-order valence-electron chi connectivity index (χ4n) is 1.76. The number of nitrogens with two attached hydrogens (primary N) is 1. The SMILES string of the molecule is C.CN(C)CCCN.CN(C)CCCNc1cc(Cl)ncn1.Clc1cc(Cl)ncn1. The molecule has 0 unspecified atom stereocenters. The molecule has 0 radical (unpaired) electrons. The number of rotatable bonds is 8. The molecule has 0 spiro atoms. The van der Waals surface area contributed by atoms with Crippen LogP contribution in [0.2, 0.25) is 15.5 Å². The van der Waals surface area contributed by atoms with Crippen molar-refractivity contribution >= 4 is 40.6 Å². The van der Waals surface area contributed by atoms with E-state index in [9.17, 15) is 0 Å². The van der Waals surface area contributed by atoms with Crippen molar-refractivity contribution in [2.75, 3.05) is 59.7 Å². The second-order valence-corrected chi connectivity index (χ2v) is 7.58. The van der Waals surface area contributed by atoms with Crippen molar-refractivity contribution in [3.63, 3.8) is 0 Å². The number of nitrogens with zero attached hydrogens (tertiary/aromatic N) is 6. The highest BCUT2D eigenvalue weighted by Gasteiger charge is 1.95. The molecule has 2 rings (SSSR count). The first-order valence-corrected chi connectivity index (χ1v) is 10.2. The maximum Gasteiger partial charge on any atom is 0.134 e. The van der Waals surface area contributed by atoms with E-state index in [1.165, 1.54) is 18.7 Å². The van der Waals surface area contributed by atoms with Gasteiger partial charge < -0.3 is 20.9 Å². The summed E-state index contributed by atoms with van der Waals surface area (Å²) in [5.41, 5.74) is 5.25. The Bertz CT molecular complexity index is 642. The summed E-state index contributed by atoms with van der Waals surface area (Å²) in [4.78, 5) is 19.3. The van der Waals surface area contributed by atoms with Crippen LogP contribution >= 0.6 is 34.8 Å². The number of aromatic nitrogens is 4. The third-order valence-electron chi connectivity index (χ3n) is 3.13. The summed E-state index contributed by atoms with van der Waals surface area (Å²) >= 11 is 16.5. The molecular weight excluding hydrogens is 447 g/mol. The van der Waals surface area contributed by atoms with E-state index in [-0.39, 0.29) is 7.43 Å². The standard InChI is InChI=1S/C9H15ClN4.C5H14N2.C4H2Cl2N2.CH4/c1-14(2)5-3-4-11-9-6-8(10)12-7-13-9;1-7(2)5-3-4-6;5-3-1-4(6)8-2-7-3;/h6-7H,3-5H2,1-2H3,(H,11,12,13);3-6H2,1-2H3;1-2H;1H4. The maximum atomic E-state index is 5.71. The van der Waals surface area contributed by atoms with Gasteiger partial charge in [0.2, 0.25) is 0 Å². The first-order valence-electron chi connectivity index (χ1n) is 9.08. The largest absolute Gasteiger partial charge is 0.370 e. The molecule has 0 fully saturated rings. The van der Waals surface area contributed by atoms with Gasteiger partial charge in [0.25, 0.3) is 0 Å². The molecule has 8 nitrogen and oxygen atoms in total. The Morgan fingerprint density at radius 2 is 1.27 bits per heavy atom. The predicted molar refractivity (Wildman–Crippen MR) is 130 cm³/mol. The van der Waals surface area contributed by atoms with Gasteiger partial charge in [0.1, 0.15) is 33.9 Å². The summed E-state index contributed by atoms with van der Waals surface area (Å²) in [6.45, 7) is 3.87. The molecule has 11 heteroatoms. The summed E-state index contributed by atoms with van der Waals surface area (Å²) in [6.07, 6.45) is 4.95. The maximum absolute atomic E-state index is 5.71. The number of halogens is 3. The van der Waals surface area contributed by atoms with Crippen LogP contribution in [0.3, 0.4) is 0 Å². The van der Waals surface area contributed by atoms with Crippen molar-refractivity contribution in [3.05, 3.63) is 40.2 Å². The van der Waals surface area contributed by atoms with Crippen LogP contribution in [0.1, 0.15) is 20.3 Å². The van der Waals surface area contributed by atoms with Crippen LogP contribution in [-0.2, 0) is 0 Å². The highest BCUT2D eigenvalue weighted by molar-refractivity contribution is 6.33. The topological polar surface area (TPSA) is 96.1 Å². The van der Waals surface area contributed by atoms with Crippen LogP contribution in [-0.4, -0.2) is 84.1 Å². The van der Waals surface area contributed by atoms with E-state index in [0.717, 1.165) is 44.8 Å². The molecule has 2 aromatic heterocycles. The lowest BCUT2D eigenvalue weighted by molar-refractivity contribution is 0.403. The Labute approximate surface area is 196 Å². The van der Waals surface area contributed by atoms with Crippen molar-refractivity contribution in [3.8, 4) is 0 Å². The Morgan fingerprint density at radius 1 is 0.800 bits per heavy atom. The lowest BCUT2D eigenvalue weighted by Gasteiger charge is -2.09. The summed E-state index contributed by atoms with van der Waals surface area (Å²) in [5, 5.41) is 4.38. The Morgan fingerprint density at radius 3 is 1.63 bits per heavy atom. The Hall–Kier alpha value is -1.29. The lowest BCUT2D eigenvalue weighted by Crippen LogP contribution is -2.16. The monoisotopic (exact) mass is 480 g/mol. The lowest BCUT2D eigenvalue weighted by atomic mass is 10.4. The number of anilines is 1. The van der Waals surface area contributed by atoms with Crippen molar-refractivity contribution in [1.29, 1.82) is 0 Å².